The zero-order valence-electron chi connectivity index (χ0n) is 29.2. The monoisotopic (exact) mass is 800 g/mol. The van der Waals surface area contributed by atoms with Crippen LogP contribution in [0.3, 0.4) is 0 Å². The molecule has 0 heterocycles. The second-order valence-corrected chi connectivity index (χ2v) is 11.4. The molecule has 258 valence electrons. The molecule has 2 rings (SSSR count). The number of anilines is 1. The molecular formula is C37H64N2O5W. The van der Waals surface area contributed by atoms with Gasteiger partial charge in [0.25, 0.3) is 5.91 Å². The van der Waals surface area contributed by atoms with Gasteiger partial charge in [0.15, 0.2) is 0 Å². The van der Waals surface area contributed by atoms with Gasteiger partial charge in [-0.15, -0.1) is 0 Å². The Bertz CT molecular complexity index is 960. The molecule has 2 aromatic carbocycles. The number of aromatic hydroxyl groups is 1. The van der Waals surface area contributed by atoms with E-state index in [0.717, 1.165) is 43.8 Å². The van der Waals surface area contributed by atoms with E-state index < -0.39 is 0 Å². The number of carbonyl (C=O) groups excluding carboxylic acids is 1. The number of quaternary nitrogens is 1. The number of phenols is 1. The summed E-state index contributed by atoms with van der Waals surface area (Å²) >= 11 is 0. The predicted molar refractivity (Wildman–Crippen MR) is 186 cm³/mol. The maximum Gasteiger partial charge on any atom is 0.259 e. The SMILES string of the molecule is CCCCCCCCOc1ccc(OCCCCCCCC)c(C(=O)Nc2ccc(O)cc2)c1.CO.[CH2-]C[N+](C)(CC)CC.[W]. The molecule has 0 spiro atoms. The molecule has 7 nitrogen and oxygen atoms in total. The second-order valence-electron chi connectivity index (χ2n) is 11.4. The summed E-state index contributed by atoms with van der Waals surface area (Å²) in [5.41, 5.74) is 1.07. The summed E-state index contributed by atoms with van der Waals surface area (Å²) < 4.78 is 13.0. The largest absolute Gasteiger partial charge is 0.508 e. The van der Waals surface area contributed by atoms with E-state index in [-0.39, 0.29) is 32.7 Å². The molecule has 8 heteroatoms. The molecule has 0 atom stereocenters. The van der Waals surface area contributed by atoms with Crippen molar-refractivity contribution >= 4 is 11.6 Å². The maximum atomic E-state index is 13.0. The number of ether oxygens (including phenoxy) is 2. The number of carbonyl (C=O) groups is 1. The molecule has 2 aromatic rings. The molecule has 0 bridgehead atoms. The number of benzene rings is 2. The molecule has 1 amide bonds. The Hall–Kier alpha value is -2.08. The fourth-order valence-electron chi connectivity index (χ4n) is 4.32. The summed E-state index contributed by atoms with van der Waals surface area (Å²) in [6.07, 6.45) is 14.3. The first-order valence-corrected chi connectivity index (χ1v) is 16.9. The molecule has 0 unspecified atom stereocenters. The van der Waals surface area contributed by atoms with E-state index in [1.54, 1.807) is 30.3 Å². The van der Waals surface area contributed by atoms with Crippen LogP contribution in [0.15, 0.2) is 42.5 Å². The Morgan fingerprint density at radius 2 is 1.24 bits per heavy atom. The Morgan fingerprint density at radius 1 is 0.756 bits per heavy atom. The molecule has 0 saturated carbocycles. The van der Waals surface area contributed by atoms with Crippen molar-refractivity contribution in [3.8, 4) is 17.2 Å². The number of nitrogens with zero attached hydrogens (tertiary/aromatic N) is 1. The van der Waals surface area contributed by atoms with E-state index in [4.69, 9.17) is 14.6 Å². The number of hydrogen-bond donors (Lipinski definition) is 3. The zero-order chi connectivity index (χ0) is 33.1. The summed E-state index contributed by atoms with van der Waals surface area (Å²) in [5, 5.41) is 19.4. The van der Waals surface area contributed by atoms with Crippen molar-refractivity contribution in [2.75, 3.05) is 52.3 Å². The van der Waals surface area contributed by atoms with Crippen molar-refractivity contribution in [1.29, 1.82) is 0 Å². The number of amides is 1. The number of aliphatic hydroxyl groups is 1. The number of rotatable bonds is 21. The van der Waals surface area contributed by atoms with Crippen molar-refractivity contribution < 1.29 is 50.0 Å². The van der Waals surface area contributed by atoms with Gasteiger partial charge in [0, 0.05) is 33.9 Å². The number of hydrogen-bond acceptors (Lipinski definition) is 5. The molecule has 0 radical (unpaired) electrons. The van der Waals surface area contributed by atoms with Crippen LogP contribution in [0.4, 0.5) is 5.69 Å². The van der Waals surface area contributed by atoms with Crippen molar-refractivity contribution in [1.82, 2.24) is 0 Å². The normalized spacial score (nSPS) is 10.4. The van der Waals surface area contributed by atoms with Gasteiger partial charge in [-0.05, 0) is 75.7 Å². The number of phenolic OH excluding ortho intramolecular Hbond substituents is 1. The average molecular weight is 801 g/mol. The third kappa shape index (κ3) is 21.4. The van der Waals surface area contributed by atoms with Gasteiger partial charge in [-0.1, -0.05) is 78.1 Å². The molecular weight excluding hydrogens is 736 g/mol. The Kier molecular flexibility index (Phi) is 29.4. The van der Waals surface area contributed by atoms with Gasteiger partial charge in [-0.3, -0.25) is 11.7 Å². The number of unbranched alkanes of at least 4 members (excludes halogenated alkanes) is 10. The van der Waals surface area contributed by atoms with Crippen LogP contribution in [0.5, 0.6) is 17.2 Å². The predicted octanol–water partition coefficient (Wildman–Crippen LogP) is 9.04. The molecule has 3 N–H and O–H groups in total. The van der Waals surface area contributed by atoms with Gasteiger partial charge in [-0.2, -0.15) is 0 Å². The van der Waals surface area contributed by atoms with Gasteiger partial charge in [0.1, 0.15) is 17.2 Å². The third-order valence-electron chi connectivity index (χ3n) is 7.91. The van der Waals surface area contributed by atoms with Crippen LogP contribution in [0, 0.1) is 6.92 Å². The smallest absolute Gasteiger partial charge is 0.259 e. The first kappa shape index (κ1) is 45.0. The van der Waals surface area contributed by atoms with E-state index in [1.165, 1.54) is 64.5 Å². The van der Waals surface area contributed by atoms with Crippen LogP contribution in [0.1, 0.15) is 115 Å². The molecule has 0 saturated heterocycles. The fourth-order valence-corrected chi connectivity index (χ4v) is 4.32. The van der Waals surface area contributed by atoms with Gasteiger partial charge in [0.2, 0.25) is 0 Å². The number of aliphatic hydroxyl groups excluding tert-OH is 1. The van der Waals surface area contributed by atoms with E-state index in [0.29, 0.717) is 36.0 Å². The van der Waals surface area contributed by atoms with Gasteiger partial charge < -0.3 is 29.5 Å². The molecule has 45 heavy (non-hydrogen) atoms. The Labute approximate surface area is 290 Å². The maximum absolute atomic E-state index is 13.0. The third-order valence-corrected chi connectivity index (χ3v) is 7.91. The quantitative estimate of drug-likeness (QED) is 0.0508. The molecule has 0 aromatic heterocycles. The van der Waals surface area contributed by atoms with Crippen LogP contribution >= 0.6 is 0 Å². The molecule has 0 aliphatic heterocycles. The van der Waals surface area contributed by atoms with Crippen molar-refractivity contribution in [2.24, 2.45) is 0 Å². The minimum atomic E-state index is -0.256. The Morgan fingerprint density at radius 3 is 1.71 bits per heavy atom. The molecule has 0 fully saturated rings. The first-order chi connectivity index (χ1) is 21.3. The standard InChI is InChI=1S/C29H43NO4.C7H17N.CH4O.W/c1-3-5-7-9-11-13-21-33-26-19-20-28(34-22-14-12-10-8-6-4-2)27(23-26)29(32)30-24-15-17-25(31)18-16-24;1-5-8(4,6-2)7-3;1-2;/h15-20,23,31H,3-14,21-22H2,1-2H3,(H,30,32);1,5-7H2,2-4H3;2H,1H3;. The van der Waals surface area contributed by atoms with E-state index in [1.807, 2.05) is 12.1 Å². The van der Waals surface area contributed by atoms with Crippen molar-refractivity contribution in [3.05, 3.63) is 55.0 Å². The van der Waals surface area contributed by atoms with Gasteiger partial charge in [-0.25, -0.2) is 0 Å². The Balaban J connectivity index is 0. The molecule has 0 aliphatic rings. The van der Waals surface area contributed by atoms with Crippen LogP contribution in [0.2, 0.25) is 0 Å². The summed E-state index contributed by atoms with van der Waals surface area (Å²) in [5.74, 6) is 1.15. The topological polar surface area (TPSA) is 88.0 Å². The summed E-state index contributed by atoms with van der Waals surface area (Å²) in [4.78, 5) is 13.0. The molecule has 0 aliphatic carbocycles. The van der Waals surface area contributed by atoms with Crippen LogP contribution in [-0.4, -0.2) is 67.6 Å². The summed E-state index contributed by atoms with van der Waals surface area (Å²) in [7, 11) is 3.23. The van der Waals surface area contributed by atoms with Crippen LogP contribution in [-0.2, 0) is 21.1 Å². The summed E-state index contributed by atoms with van der Waals surface area (Å²) in [6, 6.07) is 11.9. The van der Waals surface area contributed by atoms with E-state index in [9.17, 15) is 9.90 Å². The summed E-state index contributed by atoms with van der Waals surface area (Å²) in [6.45, 7) is 17.3. The van der Waals surface area contributed by atoms with Crippen molar-refractivity contribution in [2.45, 2.75) is 105 Å². The van der Waals surface area contributed by atoms with Crippen LogP contribution in [0.25, 0.3) is 0 Å². The van der Waals surface area contributed by atoms with Crippen LogP contribution < -0.4 is 14.8 Å². The van der Waals surface area contributed by atoms with Gasteiger partial charge in [0.05, 0.1) is 38.9 Å². The number of nitrogens with one attached hydrogen (secondary N) is 1. The minimum absolute atomic E-state index is 0. The van der Waals surface area contributed by atoms with E-state index >= 15 is 0 Å². The average Bonchev–Trinajstić information content (AvgIpc) is 3.06. The minimum Gasteiger partial charge on any atom is -0.508 e. The second kappa shape index (κ2) is 29.3. The van der Waals surface area contributed by atoms with E-state index in [2.05, 4.69) is 47.0 Å². The van der Waals surface area contributed by atoms with Crippen molar-refractivity contribution in [3.63, 3.8) is 0 Å². The first-order valence-electron chi connectivity index (χ1n) is 16.9. The van der Waals surface area contributed by atoms with Gasteiger partial charge >= 0.3 is 0 Å². The fraction of sp³-hybridized carbons (Fsp3) is 0.622. The zero-order valence-corrected chi connectivity index (χ0v) is 32.2.